The molecular formula is C18H27BO3. The van der Waals surface area contributed by atoms with Crippen molar-refractivity contribution in [2.45, 2.75) is 58.8 Å². The SMILES string of the molecule is Cc1ccccc1[C@H](O)[C@H](C)/C=C/B1OC(C)(C)C(C)(C)O1. The van der Waals surface area contributed by atoms with Crippen molar-refractivity contribution in [2.24, 2.45) is 5.92 Å². The Bertz CT molecular complexity index is 535. The molecule has 0 bridgehead atoms. The van der Waals surface area contributed by atoms with Crippen LogP contribution in [-0.4, -0.2) is 23.4 Å². The Balaban J connectivity index is 2.04. The molecule has 1 N–H and O–H groups in total. The molecule has 1 aromatic rings. The van der Waals surface area contributed by atoms with Gasteiger partial charge in [0.2, 0.25) is 0 Å². The van der Waals surface area contributed by atoms with Crippen LogP contribution in [0.15, 0.2) is 36.3 Å². The average Bonchev–Trinajstić information content (AvgIpc) is 2.64. The summed E-state index contributed by atoms with van der Waals surface area (Å²) in [5.41, 5.74) is 1.40. The molecule has 0 spiro atoms. The summed E-state index contributed by atoms with van der Waals surface area (Å²) in [6.45, 7) is 12.2. The van der Waals surface area contributed by atoms with Gasteiger partial charge in [0.25, 0.3) is 0 Å². The van der Waals surface area contributed by atoms with Gasteiger partial charge >= 0.3 is 7.12 Å². The monoisotopic (exact) mass is 302 g/mol. The zero-order valence-electron chi connectivity index (χ0n) is 14.5. The third-order valence-electron chi connectivity index (χ3n) is 4.85. The molecule has 2 atom stereocenters. The highest BCUT2D eigenvalue weighted by Gasteiger charge is 2.50. The Morgan fingerprint density at radius 3 is 2.18 bits per heavy atom. The van der Waals surface area contributed by atoms with E-state index in [0.29, 0.717) is 0 Å². The molecule has 0 saturated carbocycles. The van der Waals surface area contributed by atoms with Crippen LogP contribution in [0.5, 0.6) is 0 Å². The van der Waals surface area contributed by atoms with Crippen LogP contribution in [0.3, 0.4) is 0 Å². The molecular weight excluding hydrogens is 275 g/mol. The molecule has 1 heterocycles. The summed E-state index contributed by atoms with van der Waals surface area (Å²) in [6.07, 6.45) is 1.44. The molecule has 0 unspecified atom stereocenters. The van der Waals surface area contributed by atoms with Crippen molar-refractivity contribution in [1.29, 1.82) is 0 Å². The second-order valence-electron chi connectivity index (χ2n) is 7.17. The first-order valence-corrected chi connectivity index (χ1v) is 7.91. The van der Waals surface area contributed by atoms with Gasteiger partial charge in [0.15, 0.2) is 0 Å². The third-order valence-corrected chi connectivity index (χ3v) is 4.85. The smallest absolute Gasteiger partial charge is 0.400 e. The molecule has 0 amide bonds. The summed E-state index contributed by atoms with van der Waals surface area (Å²) in [5, 5.41) is 10.5. The van der Waals surface area contributed by atoms with Crippen LogP contribution in [0.4, 0.5) is 0 Å². The zero-order chi connectivity index (χ0) is 16.5. The minimum absolute atomic E-state index is 0.0138. The van der Waals surface area contributed by atoms with Crippen LogP contribution in [0.25, 0.3) is 0 Å². The number of rotatable bonds is 4. The zero-order valence-corrected chi connectivity index (χ0v) is 14.5. The molecule has 0 radical (unpaired) electrons. The fraction of sp³-hybridized carbons (Fsp3) is 0.556. The first-order chi connectivity index (χ1) is 10.1. The van der Waals surface area contributed by atoms with E-state index in [1.165, 1.54) is 0 Å². The summed E-state index contributed by atoms with van der Waals surface area (Å²) in [7, 11) is -0.364. The first-order valence-electron chi connectivity index (χ1n) is 7.91. The van der Waals surface area contributed by atoms with Gasteiger partial charge in [0, 0.05) is 5.92 Å². The van der Waals surface area contributed by atoms with Gasteiger partial charge in [-0.3, -0.25) is 0 Å². The Hall–Kier alpha value is -1.10. The van der Waals surface area contributed by atoms with Gasteiger partial charge in [0.1, 0.15) is 0 Å². The van der Waals surface area contributed by atoms with Gasteiger partial charge in [-0.2, -0.15) is 0 Å². The Kier molecular flexibility index (Phi) is 4.86. The molecule has 1 aromatic carbocycles. The number of aliphatic hydroxyl groups excluding tert-OH is 1. The summed E-state index contributed by atoms with van der Waals surface area (Å²) in [6, 6.07) is 7.93. The lowest BCUT2D eigenvalue weighted by molar-refractivity contribution is 0.00578. The quantitative estimate of drug-likeness (QED) is 0.859. The average molecular weight is 302 g/mol. The fourth-order valence-corrected chi connectivity index (χ4v) is 2.54. The molecule has 1 fully saturated rings. The molecule has 1 saturated heterocycles. The van der Waals surface area contributed by atoms with E-state index in [9.17, 15) is 5.11 Å². The van der Waals surface area contributed by atoms with E-state index in [4.69, 9.17) is 9.31 Å². The summed E-state index contributed by atoms with van der Waals surface area (Å²) in [5.74, 6) is 1.89. The maximum absolute atomic E-state index is 10.5. The van der Waals surface area contributed by atoms with E-state index >= 15 is 0 Å². The highest BCUT2D eigenvalue weighted by atomic mass is 16.7. The van der Waals surface area contributed by atoms with Gasteiger partial charge < -0.3 is 14.4 Å². The lowest BCUT2D eigenvalue weighted by Crippen LogP contribution is -2.41. The Labute approximate surface area is 134 Å². The van der Waals surface area contributed by atoms with E-state index in [-0.39, 0.29) is 24.2 Å². The maximum atomic E-state index is 10.5. The second kappa shape index (κ2) is 6.19. The van der Waals surface area contributed by atoms with Crippen LogP contribution in [0.2, 0.25) is 0 Å². The highest BCUT2D eigenvalue weighted by Crippen LogP contribution is 2.37. The predicted octanol–water partition coefficient (Wildman–Crippen LogP) is 3.85. The van der Waals surface area contributed by atoms with Crippen LogP contribution in [0.1, 0.15) is 51.8 Å². The molecule has 3 nitrogen and oxygen atoms in total. The number of benzene rings is 1. The molecule has 2 rings (SSSR count). The summed E-state index contributed by atoms with van der Waals surface area (Å²) in [4.78, 5) is 0. The Morgan fingerprint density at radius 1 is 1.09 bits per heavy atom. The van der Waals surface area contributed by atoms with Crippen molar-refractivity contribution in [1.82, 2.24) is 0 Å². The van der Waals surface area contributed by atoms with Gasteiger partial charge in [-0.25, -0.2) is 0 Å². The number of hydrogen-bond donors (Lipinski definition) is 1. The van der Waals surface area contributed by atoms with Crippen molar-refractivity contribution in [3.63, 3.8) is 0 Å². The molecule has 22 heavy (non-hydrogen) atoms. The fourth-order valence-electron chi connectivity index (χ4n) is 2.54. The van der Waals surface area contributed by atoms with Crippen LogP contribution in [0, 0.1) is 12.8 Å². The Morgan fingerprint density at radius 2 is 1.64 bits per heavy atom. The van der Waals surface area contributed by atoms with E-state index < -0.39 is 6.10 Å². The number of aryl methyl sites for hydroxylation is 1. The summed E-state index contributed by atoms with van der Waals surface area (Å²) >= 11 is 0. The van der Waals surface area contributed by atoms with E-state index in [1.54, 1.807) is 0 Å². The normalized spacial score (nSPS) is 23.0. The standard InChI is InChI=1S/C18H27BO3/c1-13-9-7-8-10-15(13)16(20)14(2)11-12-19-21-17(3,4)18(5,6)22-19/h7-12,14,16,20H,1-6H3/b12-11+/t14-,16-/m1/s1. The lowest BCUT2D eigenvalue weighted by atomic mass is 9.86. The molecule has 0 aliphatic carbocycles. The van der Waals surface area contributed by atoms with Crippen LogP contribution < -0.4 is 0 Å². The van der Waals surface area contributed by atoms with Gasteiger partial charge in [-0.15, -0.1) is 0 Å². The van der Waals surface area contributed by atoms with E-state index in [2.05, 4.69) is 0 Å². The van der Waals surface area contributed by atoms with Gasteiger partial charge in [-0.05, 0) is 45.7 Å². The molecule has 1 aliphatic heterocycles. The third kappa shape index (κ3) is 3.45. The molecule has 1 aliphatic rings. The second-order valence-corrected chi connectivity index (χ2v) is 7.17. The molecule has 120 valence electrons. The van der Waals surface area contributed by atoms with Crippen molar-refractivity contribution in [2.75, 3.05) is 0 Å². The van der Waals surface area contributed by atoms with E-state index in [0.717, 1.165) is 11.1 Å². The van der Waals surface area contributed by atoms with Gasteiger partial charge in [0.05, 0.1) is 17.3 Å². The topological polar surface area (TPSA) is 38.7 Å². The molecule has 4 heteroatoms. The predicted molar refractivity (Wildman–Crippen MR) is 90.5 cm³/mol. The minimum Gasteiger partial charge on any atom is -0.400 e. The number of hydrogen-bond acceptors (Lipinski definition) is 3. The van der Waals surface area contributed by atoms with Gasteiger partial charge in [-0.1, -0.05) is 43.2 Å². The van der Waals surface area contributed by atoms with Crippen molar-refractivity contribution >= 4 is 7.12 Å². The van der Waals surface area contributed by atoms with Crippen molar-refractivity contribution in [3.05, 3.63) is 47.4 Å². The maximum Gasteiger partial charge on any atom is 0.486 e. The highest BCUT2D eigenvalue weighted by molar-refractivity contribution is 6.51. The van der Waals surface area contributed by atoms with Crippen molar-refractivity contribution < 1.29 is 14.4 Å². The largest absolute Gasteiger partial charge is 0.486 e. The van der Waals surface area contributed by atoms with E-state index in [1.807, 2.05) is 77.9 Å². The van der Waals surface area contributed by atoms with Crippen LogP contribution in [-0.2, 0) is 9.31 Å². The first kappa shape index (κ1) is 17.3. The number of aliphatic hydroxyl groups is 1. The lowest BCUT2D eigenvalue weighted by Gasteiger charge is -2.32. The van der Waals surface area contributed by atoms with Crippen molar-refractivity contribution in [3.8, 4) is 0 Å². The van der Waals surface area contributed by atoms with Crippen LogP contribution >= 0.6 is 0 Å². The minimum atomic E-state index is -0.528. The molecule has 0 aromatic heterocycles. The summed E-state index contributed by atoms with van der Waals surface area (Å²) < 4.78 is 11.9.